The molecular formula is C23H23F6N3O. The lowest BCUT2D eigenvalue weighted by molar-refractivity contribution is -0.143. The lowest BCUT2D eigenvalue weighted by atomic mass is 10.0. The second-order valence-corrected chi connectivity index (χ2v) is 7.66. The molecule has 2 aromatic carbocycles. The van der Waals surface area contributed by atoms with E-state index in [1.54, 1.807) is 12.2 Å². The largest absolute Gasteiger partial charge is 0.416 e. The van der Waals surface area contributed by atoms with E-state index in [2.05, 4.69) is 10.6 Å². The molecule has 4 nitrogen and oxygen atoms in total. The van der Waals surface area contributed by atoms with E-state index in [1.165, 1.54) is 0 Å². The molecule has 1 amide bonds. The minimum absolute atomic E-state index is 0.0647. The third-order valence-electron chi connectivity index (χ3n) is 5.18. The summed E-state index contributed by atoms with van der Waals surface area (Å²) < 4.78 is 78.1. The van der Waals surface area contributed by atoms with E-state index in [0.717, 1.165) is 5.56 Å². The summed E-state index contributed by atoms with van der Waals surface area (Å²) in [5.41, 5.74) is -1.98. The number of carbonyl (C=O) groups excluding carboxylic acids is 1. The fourth-order valence-electron chi connectivity index (χ4n) is 3.51. The Morgan fingerprint density at radius 1 is 0.909 bits per heavy atom. The molecule has 0 saturated carbocycles. The number of halogens is 6. The first kappa shape index (κ1) is 24.8. The SMILES string of the molecule is O=C(NCc1cc(C(F)(F)F)cc(C(F)(F)F)c1)[C@@H]1C=CCN1CCNCc1ccccc1. The fraction of sp³-hybridized carbons (Fsp3) is 0.348. The number of nitrogens with one attached hydrogen (secondary N) is 2. The maximum absolute atomic E-state index is 13.0. The third kappa shape index (κ3) is 7.06. The predicted molar refractivity (Wildman–Crippen MR) is 111 cm³/mol. The molecule has 1 heterocycles. The highest BCUT2D eigenvalue weighted by molar-refractivity contribution is 5.84. The van der Waals surface area contributed by atoms with Crippen molar-refractivity contribution in [2.24, 2.45) is 0 Å². The van der Waals surface area contributed by atoms with E-state index in [4.69, 9.17) is 0 Å². The first-order valence-electron chi connectivity index (χ1n) is 10.3. The third-order valence-corrected chi connectivity index (χ3v) is 5.18. The van der Waals surface area contributed by atoms with Gasteiger partial charge in [-0.2, -0.15) is 26.3 Å². The van der Waals surface area contributed by atoms with E-state index in [-0.39, 0.29) is 11.6 Å². The van der Waals surface area contributed by atoms with E-state index < -0.39 is 42.0 Å². The minimum atomic E-state index is -4.93. The maximum Gasteiger partial charge on any atom is 0.416 e. The van der Waals surface area contributed by atoms with Gasteiger partial charge in [-0.1, -0.05) is 42.5 Å². The average Bonchev–Trinajstić information content (AvgIpc) is 3.23. The van der Waals surface area contributed by atoms with Gasteiger partial charge < -0.3 is 10.6 Å². The molecule has 0 aromatic heterocycles. The van der Waals surface area contributed by atoms with Crippen molar-refractivity contribution in [2.45, 2.75) is 31.5 Å². The molecule has 3 rings (SSSR count). The van der Waals surface area contributed by atoms with Gasteiger partial charge in [-0.3, -0.25) is 9.69 Å². The Kier molecular flexibility index (Phi) is 7.80. The van der Waals surface area contributed by atoms with Crippen LogP contribution in [0.2, 0.25) is 0 Å². The van der Waals surface area contributed by atoms with Gasteiger partial charge in [0, 0.05) is 32.7 Å². The topological polar surface area (TPSA) is 44.4 Å². The van der Waals surface area contributed by atoms with E-state index in [1.807, 2.05) is 35.2 Å². The van der Waals surface area contributed by atoms with Crippen LogP contribution in [0.3, 0.4) is 0 Å². The molecule has 10 heteroatoms. The summed E-state index contributed by atoms with van der Waals surface area (Å²) in [4.78, 5) is 14.4. The summed E-state index contributed by atoms with van der Waals surface area (Å²) in [6, 6.07) is 10.4. The first-order valence-corrected chi connectivity index (χ1v) is 10.3. The molecule has 1 atom stereocenters. The van der Waals surface area contributed by atoms with Crippen LogP contribution in [0.4, 0.5) is 26.3 Å². The van der Waals surface area contributed by atoms with Gasteiger partial charge in [0.2, 0.25) is 5.91 Å². The Balaban J connectivity index is 1.56. The van der Waals surface area contributed by atoms with Crippen molar-refractivity contribution in [3.63, 3.8) is 0 Å². The quantitative estimate of drug-likeness (QED) is 0.342. The van der Waals surface area contributed by atoms with Crippen molar-refractivity contribution < 1.29 is 31.1 Å². The Hall–Kier alpha value is -2.85. The Morgan fingerprint density at radius 2 is 1.55 bits per heavy atom. The molecule has 2 N–H and O–H groups in total. The predicted octanol–water partition coefficient (Wildman–Crippen LogP) is 4.37. The van der Waals surface area contributed by atoms with Crippen LogP contribution in [-0.4, -0.2) is 36.5 Å². The van der Waals surface area contributed by atoms with E-state index in [0.29, 0.717) is 38.3 Å². The molecule has 2 aromatic rings. The zero-order valence-corrected chi connectivity index (χ0v) is 17.5. The monoisotopic (exact) mass is 471 g/mol. The summed E-state index contributed by atoms with van der Waals surface area (Å²) in [5, 5.41) is 5.73. The second kappa shape index (κ2) is 10.4. The van der Waals surface area contributed by atoms with Crippen molar-refractivity contribution in [1.29, 1.82) is 0 Å². The summed E-state index contributed by atoms with van der Waals surface area (Å²) in [6.07, 6.45) is -6.40. The van der Waals surface area contributed by atoms with Gasteiger partial charge in [0.1, 0.15) is 6.04 Å². The zero-order valence-electron chi connectivity index (χ0n) is 17.5. The van der Waals surface area contributed by atoms with Gasteiger partial charge >= 0.3 is 12.4 Å². The minimum Gasteiger partial charge on any atom is -0.350 e. The zero-order chi connectivity index (χ0) is 24.1. The standard InChI is InChI=1S/C23H23F6N3O/c24-22(25,26)18-11-17(12-19(13-18)23(27,28)29)15-31-21(33)20-7-4-9-32(20)10-8-30-14-16-5-2-1-3-6-16/h1-7,11-13,20,30H,8-10,14-15H2,(H,31,33)/t20-/m0/s1. The molecule has 178 valence electrons. The maximum atomic E-state index is 13.0. The van der Waals surface area contributed by atoms with Crippen molar-refractivity contribution in [3.8, 4) is 0 Å². The molecule has 0 radical (unpaired) electrons. The number of carbonyl (C=O) groups is 1. The molecule has 1 aliphatic heterocycles. The van der Waals surface area contributed by atoms with Crippen molar-refractivity contribution >= 4 is 5.91 Å². The van der Waals surface area contributed by atoms with Gasteiger partial charge in [-0.15, -0.1) is 0 Å². The van der Waals surface area contributed by atoms with Crippen LogP contribution in [-0.2, 0) is 30.2 Å². The Morgan fingerprint density at radius 3 is 2.15 bits per heavy atom. The Labute approximate surface area is 187 Å². The van der Waals surface area contributed by atoms with Crippen molar-refractivity contribution in [1.82, 2.24) is 15.5 Å². The lowest BCUT2D eigenvalue weighted by Gasteiger charge is -2.24. The fourth-order valence-corrected chi connectivity index (χ4v) is 3.51. The molecule has 33 heavy (non-hydrogen) atoms. The second-order valence-electron chi connectivity index (χ2n) is 7.66. The smallest absolute Gasteiger partial charge is 0.350 e. The Bertz CT molecular complexity index is 940. The molecule has 0 aliphatic carbocycles. The highest BCUT2D eigenvalue weighted by Crippen LogP contribution is 2.36. The van der Waals surface area contributed by atoms with Crippen LogP contribution in [0.25, 0.3) is 0 Å². The molecule has 0 saturated heterocycles. The number of hydrogen-bond donors (Lipinski definition) is 2. The van der Waals surface area contributed by atoms with Crippen LogP contribution in [0.15, 0.2) is 60.7 Å². The van der Waals surface area contributed by atoms with Gasteiger partial charge in [-0.25, -0.2) is 0 Å². The van der Waals surface area contributed by atoms with E-state index >= 15 is 0 Å². The molecule has 1 aliphatic rings. The number of amides is 1. The van der Waals surface area contributed by atoms with E-state index in [9.17, 15) is 31.1 Å². The average molecular weight is 471 g/mol. The summed E-state index contributed by atoms with van der Waals surface area (Å²) in [5.74, 6) is -0.488. The van der Waals surface area contributed by atoms with Gasteiger partial charge in [0.15, 0.2) is 0 Å². The van der Waals surface area contributed by atoms with Crippen LogP contribution >= 0.6 is 0 Å². The summed E-state index contributed by atoms with van der Waals surface area (Å²) >= 11 is 0. The van der Waals surface area contributed by atoms with Gasteiger partial charge in [-0.05, 0) is 29.3 Å². The van der Waals surface area contributed by atoms with Crippen molar-refractivity contribution in [3.05, 3.63) is 82.9 Å². The number of hydrogen-bond acceptors (Lipinski definition) is 3. The first-order chi connectivity index (χ1) is 15.5. The van der Waals surface area contributed by atoms with Gasteiger partial charge in [0.25, 0.3) is 0 Å². The van der Waals surface area contributed by atoms with Crippen LogP contribution in [0, 0.1) is 0 Å². The van der Waals surface area contributed by atoms with Crippen molar-refractivity contribution in [2.75, 3.05) is 19.6 Å². The molecular weight excluding hydrogens is 448 g/mol. The van der Waals surface area contributed by atoms with Crippen LogP contribution < -0.4 is 10.6 Å². The molecule has 0 bridgehead atoms. The van der Waals surface area contributed by atoms with Crippen LogP contribution in [0.5, 0.6) is 0 Å². The lowest BCUT2D eigenvalue weighted by Crippen LogP contribution is -2.45. The number of rotatable bonds is 8. The van der Waals surface area contributed by atoms with Crippen LogP contribution in [0.1, 0.15) is 22.3 Å². The highest BCUT2D eigenvalue weighted by atomic mass is 19.4. The normalized spacial score (nSPS) is 16.8. The number of alkyl halides is 6. The number of nitrogens with zero attached hydrogens (tertiary/aromatic N) is 1. The van der Waals surface area contributed by atoms with Gasteiger partial charge in [0.05, 0.1) is 11.1 Å². The highest BCUT2D eigenvalue weighted by Gasteiger charge is 2.37. The molecule has 0 fully saturated rings. The number of benzene rings is 2. The summed E-state index contributed by atoms with van der Waals surface area (Å²) in [7, 11) is 0. The summed E-state index contributed by atoms with van der Waals surface area (Å²) in [6.45, 7) is 1.88. The molecule has 0 unspecified atom stereocenters. The molecule has 0 spiro atoms.